The minimum atomic E-state index is -0.225. The molecule has 0 amide bonds. The van der Waals surface area contributed by atoms with Crippen molar-refractivity contribution in [2.75, 3.05) is 0 Å². The highest BCUT2D eigenvalue weighted by molar-refractivity contribution is 8.14. The van der Waals surface area contributed by atoms with Crippen LogP contribution in [0.4, 0.5) is 0 Å². The summed E-state index contributed by atoms with van der Waals surface area (Å²) >= 11 is 1.19. The van der Waals surface area contributed by atoms with E-state index < -0.39 is 0 Å². The van der Waals surface area contributed by atoms with Crippen molar-refractivity contribution < 1.29 is 9.59 Å². The maximum atomic E-state index is 13.5. The van der Waals surface area contributed by atoms with Crippen LogP contribution < -0.4 is 5.46 Å². The number of carbonyl (C=O) groups excluding carboxylic acids is 2. The molecule has 2 aromatic rings. The van der Waals surface area contributed by atoms with Crippen molar-refractivity contribution in [1.82, 2.24) is 0 Å². The third kappa shape index (κ3) is 6.97. The Morgan fingerprint density at radius 3 is 2.39 bits per heavy atom. The molecule has 1 aliphatic carbocycles. The van der Waals surface area contributed by atoms with Gasteiger partial charge in [0.1, 0.15) is 0 Å². The van der Waals surface area contributed by atoms with E-state index in [1.54, 1.807) is 6.08 Å². The van der Waals surface area contributed by atoms with E-state index >= 15 is 0 Å². The zero-order valence-corrected chi connectivity index (χ0v) is 19.5. The third-order valence-corrected chi connectivity index (χ3v) is 7.09. The summed E-state index contributed by atoms with van der Waals surface area (Å²) in [6.45, 7) is 4.45. The molecule has 0 spiro atoms. The maximum absolute atomic E-state index is 13.5. The van der Waals surface area contributed by atoms with Crippen LogP contribution in [0.5, 0.6) is 0 Å². The van der Waals surface area contributed by atoms with Crippen molar-refractivity contribution in [2.45, 2.75) is 63.7 Å². The molecule has 0 saturated heterocycles. The Hall–Kier alpha value is -2.07. The van der Waals surface area contributed by atoms with Gasteiger partial charge in [-0.2, -0.15) is 0 Å². The van der Waals surface area contributed by atoms with Crippen LogP contribution in [0.15, 0.2) is 65.6 Å². The van der Waals surface area contributed by atoms with Crippen molar-refractivity contribution >= 4 is 41.4 Å². The van der Waals surface area contributed by atoms with Gasteiger partial charge in [0, 0.05) is 10.3 Å². The van der Waals surface area contributed by atoms with Crippen LogP contribution in [0.3, 0.4) is 0 Å². The van der Waals surface area contributed by atoms with Crippen molar-refractivity contribution in [3.8, 4) is 0 Å². The monoisotopic (exact) mass is 431 g/mol. The summed E-state index contributed by atoms with van der Waals surface area (Å²) in [5.41, 5.74) is 1.87. The Morgan fingerprint density at radius 1 is 1.00 bits per heavy atom. The summed E-state index contributed by atoms with van der Waals surface area (Å²) < 4.78 is 0. The smallest absolute Gasteiger partial charge is 0.243 e. The van der Waals surface area contributed by atoms with E-state index in [4.69, 9.17) is 0 Å². The van der Waals surface area contributed by atoms with Crippen LogP contribution in [0, 0.1) is 11.3 Å². The zero-order chi connectivity index (χ0) is 22.1. The van der Waals surface area contributed by atoms with Crippen molar-refractivity contribution in [1.29, 1.82) is 0 Å². The van der Waals surface area contributed by atoms with E-state index in [-0.39, 0.29) is 16.2 Å². The maximum Gasteiger partial charge on any atom is 0.243 e. The fraction of sp³-hybridized carbons (Fsp3) is 0.407. The molecule has 0 unspecified atom stereocenters. The summed E-state index contributed by atoms with van der Waals surface area (Å²) in [5.74, 6) is 0.600. The van der Waals surface area contributed by atoms with Crippen LogP contribution >= 0.6 is 11.8 Å². The summed E-state index contributed by atoms with van der Waals surface area (Å²) in [6, 6.07) is 17.5. The molecule has 1 radical (unpaired) electrons. The van der Waals surface area contributed by atoms with Gasteiger partial charge < -0.3 is 4.79 Å². The average Bonchev–Trinajstić information content (AvgIpc) is 2.79. The van der Waals surface area contributed by atoms with Crippen LogP contribution in [-0.4, -0.2) is 18.1 Å². The lowest BCUT2D eigenvalue weighted by Crippen LogP contribution is -2.41. The normalized spacial score (nSPS) is 15.8. The zero-order valence-electron chi connectivity index (χ0n) is 18.7. The second-order valence-electron chi connectivity index (χ2n) is 8.99. The number of hydrogen-bond donors (Lipinski definition) is 0. The van der Waals surface area contributed by atoms with Gasteiger partial charge in [0.15, 0.2) is 0 Å². The topological polar surface area (TPSA) is 34.1 Å². The van der Waals surface area contributed by atoms with Gasteiger partial charge in [-0.25, -0.2) is 0 Å². The molecule has 1 saturated carbocycles. The molecule has 0 heterocycles. The first-order valence-electron chi connectivity index (χ1n) is 11.4. The third-order valence-electron chi connectivity index (χ3n) is 6.16. The van der Waals surface area contributed by atoms with Crippen LogP contribution in [0.1, 0.15) is 64.4 Å². The molecule has 1 aliphatic rings. The number of carbonyl (C=O) groups is 2. The summed E-state index contributed by atoms with van der Waals surface area (Å²) in [6.07, 6.45) is 11.0. The summed E-state index contributed by atoms with van der Waals surface area (Å²) in [7, 11) is 1.81. The van der Waals surface area contributed by atoms with Gasteiger partial charge >= 0.3 is 0 Å². The minimum Gasteiger partial charge on any atom is -0.311 e. The van der Waals surface area contributed by atoms with E-state index in [1.165, 1.54) is 18.2 Å². The molecule has 4 heteroatoms. The molecular weight excluding hydrogens is 399 g/mol. The van der Waals surface area contributed by atoms with Gasteiger partial charge in [0.2, 0.25) is 12.4 Å². The highest BCUT2D eigenvalue weighted by Gasteiger charge is 2.38. The molecular formula is C27H32BO2S. The average molecular weight is 431 g/mol. The Morgan fingerprint density at radius 2 is 1.68 bits per heavy atom. The molecule has 31 heavy (non-hydrogen) atoms. The van der Waals surface area contributed by atoms with Crippen LogP contribution in [0.25, 0.3) is 6.08 Å². The number of hydrogen-bond acceptors (Lipinski definition) is 3. The Labute approximate surface area is 192 Å². The first-order chi connectivity index (χ1) is 15.0. The quantitative estimate of drug-likeness (QED) is 0.267. The molecule has 2 aromatic carbocycles. The SMILES string of the molecule is CC(C)CCC1(C(=O)[B]c2ccccc2SC(=O)/C=C/c2ccccc2)CCCCC1. The number of thioether (sulfide) groups is 1. The standard InChI is InChI=1S/C27H32BO2S/c1-21(2)17-20-27(18-9-4-10-19-27)26(30)28-23-13-7-8-14-24(23)31-25(29)16-15-22-11-5-3-6-12-22/h3,5-8,11-16,21H,4,9-10,17-20H2,1-2H3/b16-15+. The molecule has 2 nitrogen and oxygen atoms in total. The van der Waals surface area contributed by atoms with E-state index in [9.17, 15) is 9.59 Å². The Balaban J connectivity index is 1.70. The van der Waals surface area contributed by atoms with Crippen LogP contribution in [-0.2, 0) is 9.59 Å². The Kier molecular flexibility index (Phi) is 8.77. The van der Waals surface area contributed by atoms with E-state index in [0.717, 1.165) is 54.4 Å². The van der Waals surface area contributed by atoms with E-state index in [1.807, 2.05) is 68.0 Å². The lowest BCUT2D eigenvalue weighted by molar-refractivity contribution is -0.123. The molecule has 0 aromatic heterocycles. The van der Waals surface area contributed by atoms with Crippen molar-refractivity contribution in [3.63, 3.8) is 0 Å². The molecule has 0 bridgehead atoms. The summed E-state index contributed by atoms with van der Waals surface area (Å²) in [4.78, 5) is 26.9. The largest absolute Gasteiger partial charge is 0.311 e. The van der Waals surface area contributed by atoms with Gasteiger partial charge in [0.25, 0.3) is 0 Å². The lowest BCUT2D eigenvalue weighted by Gasteiger charge is -2.37. The molecule has 0 N–H and O–H groups in total. The molecule has 161 valence electrons. The predicted molar refractivity (Wildman–Crippen MR) is 133 cm³/mol. The van der Waals surface area contributed by atoms with Gasteiger partial charge in [-0.3, -0.25) is 4.79 Å². The molecule has 3 rings (SSSR count). The fourth-order valence-corrected chi connectivity index (χ4v) is 5.02. The van der Waals surface area contributed by atoms with E-state index in [2.05, 4.69) is 13.8 Å². The fourth-order valence-electron chi connectivity index (χ4n) is 4.27. The van der Waals surface area contributed by atoms with E-state index in [0.29, 0.717) is 5.92 Å². The first-order valence-corrected chi connectivity index (χ1v) is 12.2. The molecule has 0 atom stereocenters. The summed E-state index contributed by atoms with van der Waals surface area (Å²) in [5, 5.41) is -0.0376. The van der Waals surface area contributed by atoms with Crippen molar-refractivity contribution in [3.05, 3.63) is 66.2 Å². The predicted octanol–water partition coefficient (Wildman–Crippen LogP) is 6.26. The molecule has 0 aliphatic heterocycles. The highest BCUT2D eigenvalue weighted by Crippen LogP contribution is 2.41. The second-order valence-corrected chi connectivity index (χ2v) is 10.0. The number of rotatable bonds is 9. The lowest BCUT2D eigenvalue weighted by atomic mass is 9.52. The molecule has 1 fully saturated rings. The van der Waals surface area contributed by atoms with Gasteiger partial charge in [0.05, 0.1) is 5.68 Å². The number of benzene rings is 2. The second kappa shape index (κ2) is 11.5. The van der Waals surface area contributed by atoms with Gasteiger partial charge in [-0.1, -0.05) is 99.6 Å². The van der Waals surface area contributed by atoms with Crippen molar-refractivity contribution in [2.24, 2.45) is 11.3 Å². The first kappa shape index (κ1) is 23.6. The minimum absolute atomic E-state index is 0.0376. The van der Waals surface area contributed by atoms with Gasteiger partial charge in [-0.15, -0.1) is 0 Å². The van der Waals surface area contributed by atoms with Gasteiger partial charge in [-0.05, 0) is 54.6 Å². The highest BCUT2D eigenvalue weighted by atomic mass is 32.2. The van der Waals surface area contributed by atoms with Crippen LogP contribution in [0.2, 0.25) is 0 Å². The Bertz CT molecular complexity index is 898.